The molecule has 184 valence electrons. The number of piperazine rings is 1. The van der Waals surface area contributed by atoms with Crippen LogP contribution in [0.25, 0.3) is 11.1 Å². The Bertz CT molecular complexity index is 1090. The summed E-state index contributed by atoms with van der Waals surface area (Å²) in [6, 6.07) is 25.1. The van der Waals surface area contributed by atoms with E-state index in [0.717, 1.165) is 56.9 Å². The Labute approximate surface area is 209 Å². The summed E-state index contributed by atoms with van der Waals surface area (Å²) in [7, 11) is 1.73. The van der Waals surface area contributed by atoms with Gasteiger partial charge in [-0.15, -0.1) is 0 Å². The lowest BCUT2D eigenvalue weighted by molar-refractivity contribution is -0.121. The molecule has 1 fully saturated rings. The van der Waals surface area contributed by atoms with Gasteiger partial charge in [-0.2, -0.15) is 0 Å². The lowest BCUT2D eigenvalue weighted by atomic mass is 9.99. The van der Waals surface area contributed by atoms with Gasteiger partial charge < -0.3 is 15.0 Å². The first-order valence-electron chi connectivity index (χ1n) is 12.7. The average molecular weight is 472 g/mol. The van der Waals surface area contributed by atoms with Gasteiger partial charge in [0.2, 0.25) is 5.91 Å². The highest BCUT2D eigenvalue weighted by atomic mass is 16.5. The Morgan fingerprint density at radius 2 is 1.60 bits per heavy atom. The molecule has 1 heterocycles. The maximum Gasteiger partial charge on any atom is 0.220 e. The van der Waals surface area contributed by atoms with Gasteiger partial charge in [0, 0.05) is 39.1 Å². The monoisotopic (exact) mass is 471 g/mol. The van der Waals surface area contributed by atoms with Crippen LogP contribution in [0.15, 0.2) is 72.8 Å². The highest BCUT2D eigenvalue weighted by molar-refractivity contribution is 5.76. The zero-order valence-corrected chi connectivity index (χ0v) is 21.0. The molecule has 0 unspecified atom stereocenters. The minimum atomic E-state index is 0.129. The predicted octanol–water partition coefficient (Wildman–Crippen LogP) is 5.28. The first kappa shape index (κ1) is 24.8. The number of rotatable bonds is 10. The summed E-state index contributed by atoms with van der Waals surface area (Å²) in [5, 5.41) is 3.12. The van der Waals surface area contributed by atoms with Crippen LogP contribution in [0, 0.1) is 6.92 Å². The third kappa shape index (κ3) is 6.86. The van der Waals surface area contributed by atoms with Gasteiger partial charge >= 0.3 is 0 Å². The van der Waals surface area contributed by atoms with Crippen LogP contribution in [-0.2, 0) is 11.3 Å². The van der Waals surface area contributed by atoms with Gasteiger partial charge in [0.1, 0.15) is 5.75 Å². The van der Waals surface area contributed by atoms with Crippen LogP contribution in [0.3, 0.4) is 0 Å². The van der Waals surface area contributed by atoms with Gasteiger partial charge in [-0.1, -0.05) is 66.2 Å². The van der Waals surface area contributed by atoms with E-state index in [4.69, 9.17) is 4.74 Å². The molecular formula is C30H37N3O2. The van der Waals surface area contributed by atoms with E-state index in [1.165, 1.54) is 22.4 Å². The molecule has 0 atom stereocenters. The van der Waals surface area contributed by atoms with E-state index in [2.05, 4.69) is 76.6 Å². The molecule has 1 N–H and O–H groups in total. The van der Waals surface area contributed by atoms with E-state index in [1.807, 2.05) is 18.2 Å². The molecule has 0 spiro atoms. The maximum atomic E-state index is 12.5. The van der Waals surface area contributed by atoms with Gasteiger partial charge in [0.25, 0.3) is 0 Å². The summed E-state index contributed by atoms with van der Waals surface area (Å²) < 4.78 is 5.52. The average Bonchev–Trinajstić information content (AvgIpc) is 2.91. The van der Waals surface area contributed by atoms with Crippen LogP contribution in [0.2, 0.25) is 0 Å². The Morgan fingerprint density at radius 1 is 0.886 bits per heavy atom. The fraction of sp³-hybridized carbons (Fsp3) is 0.367. The normalized spacial score (nSPS) is 14.1. The standard InChI is InChI=1S/C30H37N3O2/c1-24-14-16-25(17-15-24)27-10-4-3-9-26(27)23-31-30(34)13-7-8-18-32-19-21-33(22-20-32)28-11-5-6-12-29(28)35-2/h3-6,9-12,14-17H,7-8,13,18-23H2,1-2H3,(H,31,34). The van der Waals surface area contributed by atoms with Crippen molar-refractivity contribution in [3.63, 3.8) is 0 Å². The van der Waals surface area contributed by atoms with E-state index in [1.54, 1.807) is 7.11 Å². The van der Waals surface area contributed by atoms with Crippen LogP contribution in [0.4, 0.5) is 5.69 Å². The molecule has 3 aromatic rings. The Kier molecular flexibility index (Phi) is 8.79. The molecule has 0 aromatic heterocycles. The molecule has 1 aliphatic rings. The smallest absolute Gasteiger partial charge is 0.220 e. The third-order valence-electron chi connectivity index (χ3n) is 6.78. The van der Waals surface area contributed by atoms with Crippen LogP contribution < -0.4 is 15.0 Å². The van der Waals surface area contributed by atoms with Crippen molar-refractivity contribution in [3.8, 4) is 16.9 Å². The van der Waals surface area contributed by atoms with E-state index in [0.29, 0.717) is 13.0 Å². The maximum absolute atomic E-state index is 12.5. The number of hydrogen-bond acceptors (Lipinski definition) is 4. The van der Waals surface area contributed by atoms with Crippen LogP contribution in [0.5, 0.6) is 5.75 Å². The molecule has 35 heavy (non-hydrogen) atoms. The van der Waals surface area contributed by atoms with Crippen molar-refractivity contribution in [3.05, 3.63) is 83.9 Å². The number of nitrogens with zero attached hydrogens (tertiary/aromatic N) is 2. The molecule has 3 aromatic carbocycles. The number of para-hydroxylation sites is 2. The van der Waals surface area contributed by atoms with E-state index in [-0.39, 0.29) is 5.91 Å². The van der Waals surface area contributed by atoms with Crippen molar-refractivity contribution in [2.24, 2.45) is 0 Å². The van der Waals surface area contributed by atoms with Crippen molar-refractivity contribution >= 4 is 11.6 Å². The fourth-order valence-corrected chi connectivity index (χ4v) is 4.70. The van der Waals surface area contributed by atoms with Gasteiger partial charge in [-0.3, -0.25) is 9.69 Å². The zero-order valence-electron chi connectivity index (χ0n) is 21.0. The quantitative estimate of drug-likeness (QED) is 0.409. The largest absolute Gasteiger partial charge is 0.495 e. The minimum absolute atomic E-state index is 0.129. The number of anilines is 1. The summed E-state index contributed by atoms with van der Waals surface area (Å²) >= 11 is 0. The van der Waals surface area contributed by atoms with E-state index < -0.39 is 0 Å². The molecule has 0 bridgehead atoms. The number of carbonyl (C=O) groups excluding carboxylic acids is 1. The number of methoxy groups -OCH3 is 1. The highest BCUT2D eigenvalue weighted by Crippen LogP contribution is 2.28. The van der Waals surface area contributed by atoms with E-state index >= 15 is 0 Å². The second kappa shape index (κ2) is 12.4. The molecule has 0 aliphatic carbocycles. The number of aryl methyl sites for hydroxylation is 1. The van der Waals surface area contributed by atoms with Gasteiger partial charge in [0.05, 0.1) is 12.8 Å². The number of carbonyl (C=O) groups is 1. The number of amides is 1. The topological polar surface area (TPSA) is 44.8 Å². The summed E-state index contributed by atoms with van der Waals surface area (Å²) in [4.78, 5) is 17.4. The predicted molar refractivity (Wildman–Crippen MR) is 144 cm³/mol. The molecule has 1 amide bonds. The number of benzene rings is 3. The highest BCUT2D eigenvalue weighted by Gasteiger charge is 2.19. The van der Waals surface area contributed by atoms with Crippen LogP contribution >= 0.6 is 0 Å². The van der Waals surface area contributed by atoms with E-state index in [9.17, 15) is 4.79 Å². The lowest BCUT2D eigenvalue weighted by Crippen LogP contribution is -2.46. The minimum Gasteiger partial charge on any atom is -0.495 e. The fourth-order valence-electron chi connectivity index (χ4n) is 4.70. The Hall–Kier alpha value is -3.31. The number of unbranched alkanes of at least 4 members (excludes halogenated alkanes) is 1. The molecule has 1 saturated heterocycles. The Balaban J connectivity index is 1.16. The van der Waals surface area contributed by atoms with Crippen LogP contribution in [0.1, 0.15) is 30.4 Å². The molecule has 5 nitrogen and oxygen atoms in total. The van der Waals surface area contributed by atoms with Crippen molar-refractivity contribution in [1.29, 1.82) is 0 Å². The van der Waals surface area contributed by atoms with Gasteiger partial charge in [-0.25, -0.2) is 0 Å². The molecule has 1 aliphatic heterocycles. The van der Waals surface area contributed by atoms with Crippen LogP contribution in [-0.4, -0.2) is 50.6 Å². The van der Waals surface area contributed by atoms with Gasteiger partial charge in [0.15, 0.2) is 0 Å². The zero-order chi connectivity index (χ0) is 24.5. The van der Waals surface area contributed by atoms with Crippen molar-refractivity contribution in [2.75, 3.05) is 44.7 Å². The van der Waals surface area contributed by atoms with Crippen molar-refractivity contribution in [2.45, 2.75) is 32.7 Å². The summed E-state index contributed by atoms with van der Waals surface area (Å²) in [5.74, 6) is 1.07. The number of ether oxygens (including phenoxy) is 1. The van der Waals surface area contributed by atoms with Crippen molar-refractivity contribution < 1.29 is 9.53 Å². The molecule has 0 radical (unpaired) electrons. The SMILES string of the molecule is COc1ccccc1N1CCN(CCCCC(=O)NCc2ccccc2-c2ccc(C)cc2)CC1. The molecule has 5 heteroatoms. The van der Waals surface area contributed by atoms with Gasteiger partial charge in [-0.05, 0) is 55.1 Å². The molecule has 4 rings (SSSR count). The summed E-state index contributed by atoms with van der Waals surface area (Å²) in [6.45, 7) is 7.79. The first-order valence-corrected chi connectivity index (χ1v) is 12.7. The number of hydrogen-bond donors (Lipinski definition) is 1. The molecule has 0 saturated carbocycles. The summed E-state index contributed by atoms with van der Waals surface area (Å²) in [5.41, 5.74) is 5.94. The summed E-state index contributed by atoms with van der Waals surface area (Å²) in [6.07, 6.45) is 2.54. The lowest BCUT2D eigenvalue weighted by Gasteiger charge is -2.36. The first-order chi connectivity index (χ1) is 17.1. The molecular weight excluding hydrogens is 434 g/mol. The van der Waals surface area contributed by atoms with Crippen molar-refractivity contribution in [1.82, 2.24) is 10.2 Å². The Morgan fingerprint density at radius 3 is 2.37 bits per heavy atom. The number of nitrogens with one attached hydrogen (secondary N) is 1. The second-order valence-corrected chi connectivity index (χ2v) is 9.26. The second-order valence-electron chi connectivity index (χ2n) is 9.26. The third-order valence-corrected chi connectivity index (χ3v) is 6.78.